The van der Waals surface area contributed by atoms with E-state index in [1.54, 1.807) is 38.1 Å². The van der Waals surface area contributed by atoms with Crippen LogP contribution in [0, 0.1) is 5.92 Å². The molecule has 2 saturated heterocycles. The summed E-state index contributed by atoms with van der Waals surface area (Å²) >= 11 is 6.12. The van der Waals surface area contributed by atoms with Crippen molar-refractivity contribution in [1.29, 1.82) is 0 Å². The fourth-order valence-electron chi connectivity index (χ4n) is 3.51. The molecule has 2 aliphatic rings. The van der Waals surface area contributed by atoms with E-state index in [9.17, 15) is 18.0 Å². The monoisotopic (exact) mass is 429 g/mol. The second kappa shape index (κ2) is 7.98. The minimum Gasteiger partial charge on any atom is -0.361 e. The van der Waals surface area contributed by atoms with Crippen LogP contribution in [0.1, 0.15) is 19.4 Å². The van der Waals surface area contributed by atoms with Crippen LogP contribution in [0.2, 0.25) is 5.02 Å². The summed E-state index contributed by atoms with van der Waals surface area (Å²) in [5.74, 6) is -1.86. The summed E-state index contributed by atoms with van der Waals surface area (Å²) in [5.41, 5.74) is -0.796. The molecule has 10 heteroatoms. The Bertz CT molecular complexity index is 876. The maximum Gasteiger partial charge on any atom is 0.254 e. The van der Waals surface area contributed by atoms with E-state index >= 15 is 0 Å². The first-order valence-electron chi connectivity index (χ1n) is 9.11. The molecule has 0 unspecified atom stereocenters. The zero-order valence-corrected chi connectivity index (χ0v) is 17.3. The highest BCUT2D eigenvalue weighted by atomic mass is 35.5. The van der Waals surface area contributed by atoms with Crippen LogP contribution in [0.15, 0.2) is 24.3 Å². The van der Waals surface area contributed by atoms with Gasteiger partial charge in [-0.3, -0.25) is 9.59 Å². The van der Waals surface area contributed by atoms with Gasteiger partial charge in [-0.1, -0.05) is 29.8 Å². The maximum absolute atomic E-state index is 13.0. The Labute approximate surface area is 169 Å². The molecule has 0 aliphatic carbocycles. The zero-order valence-electron chi connectivity index (χ0n) is 15.8. The summed E-state index contributed by atoms with van der Waals surface area (Å²) < 4.78 is 32.2. The summed E-state index contributed by atoms with van der Waals surface area (Å²) in [7, 11) is -3.64. The van der Waals surface area contributed by atoms with Gasteiger partial charge in [-0.25, -0.2) is 8.42 Å². The molecule has 1 spiro atoms. The molecule has 1 aromatic rings. The summed E-state index contributed by atoms with van der Waals surface area (Å²) in [5, 5.41) is 5.32. The number of amides is 2. The lowest BCUT2D eigenvalue weighted by Gasteiger charge is -2.36. The number of halogens is 1. The van der Waals surface area contributed by atoms with E-state index < -0.39 is 38.6 Å². The van der Waals surface area contributed by atoms with Gasteiger partial charge in [0.1, 0.15) is 0 Å². The second-order valence-electron chi connectivity index (χ2n) is 7.24. The number of carbonyl (C=O) groups excluding carboxylic acids is 2. The molecule has 2 N–H and O–H groups in total. The molecule has 2 heterocycles. The molecule has 0 saturated carbocycles. The number of rotatable bonds is 5. The van der Waals surface area contributed by atoms with Crippen molar-refractivity contribution in [2.75, 3.05) is 26.2 Å². The van der Waals surface area contributed by atoms with Gasteiger partial charge in [0.05, 0.1) is 24.3 Å². The predicted molar refractivity (Wildman–Crippen MR) is 104 cm³/mol. The Kier molecular flexibility index (Phi) is 6.00. The van der Waals surface area contributed by atoms with Crippen LogP contribution in [0.4, 0.5) is 0 Å². The number of hydrogen-bond acceptors (Lipinski definition) is 5. The van der Waals surface area contributed by atoms with Crippen LogP contribution in [0.25, 0.3) is 0 Å². The van der Waals surface area contributed by atoms with E-state index in [-0.39, 0.29) is 26.2 Å². The van der Waals surface area contributed by atoms with Crippen molar-refractivity contribution in [3.63, 3.8) is 0 Å². The first-order valence-corrected chi connectivity index (χ1v) is 11.0. The van der Waals surface area contributed by atoms with Crippen LogP contribution in [-0.4, -0.2) is 61.6 Å². The molecule has 2 amide bonds. The molecular weight excluding hydrogens is 406 g/mol. The largest absolute Gasteiger partial charge is 0.361 e. The van der Waals surface area contributed by atoms with Gasteiger partial charge in [-0.05, 0) is 25.5 Å². The highest BCUT2D eigenvalue weighted by Gasteiger charge is 2.59. The van der Waals surface area contributed by atoms with Crippen molar-refractivity contribution in [2.45, 2.75) is 31.2 Å². The first-order chi connectivity index (χ1) is 13.2. The van der Waals surface area contributed by atoms with Crippen molar-refractivity contribution in [3.8, 4) is 0 Å². The van der Waals surface area contributed by atoms with Crippen LogP contribution in [0.3, 0.4) is 0 Å². The predicted octanol–water partition coefficient (Wildman–Crippen LogP) is 0.511. The van der Waals surface area contributed by atoms with E-state index in [1.807, 2.05) is 0 Å². The lowest BCUT2D eigenvalue weighted by Crippen LogP contribution is -2.62. The smallest absolute Gasteiger partial charge is 0.254 e. The maximum atomic E-state index is 13.0. The number of sulfonamides is 1. The summed E-state index contributed by atoms with van der Waals surface area (Å²) in [6.07, 6.45) is 0. The highest BCUT2D eigenvalue weighted by Crippen LogP contribution is 2.36. The van der Waals surface area contributed by atoms with Crippen molar-refractivity contribution in [1.82, 2.24) is 14.9 Å². The number of carbonyl (C=O) groups is 2. The van der Waals surface area contributed by atoms with Crippen LogP contribution < -0.4 is 10.6 Å². The third kappa shape index (κ3) is 3.76. The van der Waals surface area contributed by atoms with Crippen molar-refractivity contribution in [2.24, 2.45) is 5.92 Å². The molecule has 154 valence electrons. The Morgan fingerprint density at radius 1 is 1.43 bits per heavy atom. The zero-order chi connectivity index (χ0) is 20.5. The lowest BCUT2D eigenvalue weighted by atomic mass is 9.87. The number of morpholine rings is 1. The number of benzene rings is 1. The van der Waals surface area contributed by atoms with Gasteiger partial charge in [0.25, 0.3) is 5.91 Å². The Morgan fingerprint density at radius 3 is 2.79 bits per heavy atom. The standard InChI is InChI=1S/C18H24ClN3O5S/c1-12(2)28(25,26)22-10-14(18(11-22)17(24)20-7-8-27-18)16(23)21-9-13-5-3-4-6-15(13)19/h3-6,12,14H,7-11H2,1-2H3,(H,20,24)(H,21,23)/t14-,18-/m1/s1. The number of ether oxygens (including phenoxy) is 1. The van der Waals surface area contributed by atoms with Gasteiger partial charge in [-0.15, -0.1) is 0 Å². The van der Waals surface area contributed by atoms with Crippen LogP contribution >= 0.6 is 11.6 Å². The van der Waals surface area contributed by atoms with Gasteiger partial charge in [-0.2, -0.15) is 4.31 Å². The molecular formula is C18H24ClN3O5S. The summed E-state index contributed by atoms with van der Waals surface area (Å²) in [6.45, 7) is 3.56. The van der Waals surface area contributed by atoms with E-state index in [0.29, 0.717) is 11.6 Å². The SMILES string of the molecule is CC(C)S(=O)(=O)N1C[C@H](C(=O)NCc2ccccc2Cl)[C@@]2(C1)OCCNC2=O. The quantitative estimate of drug-likeness (QED) is 0.709. The van der Waals surface area contributed by atoms with Gasteiger partial charge < -0.3 is 15.4 Å². The van der Waals surface area contributed by atoms with Crippen molar-refractivity contribution < 1.29 is 22.7 Å². The van der Waals surface area contributed by atoms with E-state index in [0.717, 1.165) is 5.56 Å². The molecule has 28 heavy (non-hydrogen) atoms. The van der Waals surface area contributed by atoms with Gasteiger partial charge in [0, 0.05) is 24.7 Å². The van der Waals surface area contributed by atoms with Gasteiger partial charge in [0.2, 0.25) is 15.9 Å². The topological polar surface area (TPSA) is 105 Å². The lowest BCUT2D eigenvalue weighted by molar-refractivity contribution is -0.163. The summed E-state index contributed by atoms with van der Waals surface area (Å²) in [6, 6.07) is 7.09. The average molecular weight is 430 g/mol. The molecule has 0 aromatic heterocycles. The van der Waals surface area contributed by atoms with E-state index in [2.05, 4.69) is 10.6 Å². The Hall–Kier alpha value is -1.68. The molecule has 2 fully saturated rings. The molecule has 8 nitrogen and oxygen atoms in total. The normalized spacial score (nSPS) is 25.9. The summed E-state index contributed by atoms with van der Waals surface area (Å²) in [4.78, 5) is 25.6. The molecule has 2 atom stereocenters. The number of hydrogen-bond donors (Lipinski definition) is 2. The molecule has 0 radical (unpaired) electrons. The average Bonchev–Trinajstić information content (AvgIpc) is 3.04. The minimum absolute atomic E-state index is 0.109. The van der Waals surface area contributed by atoms with E-state index in [1.165, 1.54) is 4.31 Å². The molecule has 2 aliphatic heterocycles. The van der Waals surface area contributed by atoms with Gasteiger partial charge >= 0.3 is 0 Å². The number of nitrogens with zero attached hydrogens (tertiary/aromatic N) is 1. The highest BCUT2D eigenvalue weighted by molar-refractivity contribution is 7.89. The van der Waals surface area contributed by atoms with Crippen molar-refractivity contribution in [3.05, 3.63) is 34.9 Å². The van der Waals surface area contributed by atoms with Crippen LogP contribution in [-0.2, 0) is 30.9 Å². The Morgan fingerprint density at radius 2 is 2.14 bits per heavy atom. The van der Waals surface area contributed by atoms with E-state index in [4.69, 9.17) is 16.3 Å². The molecule has 0 bridgehead atoms. The molecule has 1 aromatic carbocycles. The Balaban J connectivity index is 1.84. The van der Waals surface area contributed by atoms with Crippen LogP contribution in [0.5, 0.6) is 0 Å². The number of nitrogens with one attached hydrogen (secondary N) is 2. The first kappa shape index (κ1) is 21.0. The third-order valence-corrected chi connectivity index (χ3v) is 7.73. The van der Waals surface area contributed by atoms with Gasteiger partial charge in [0.15, 0.2) is 5.60 Å². The molecule has 3 rings (SSSR count). The third-order valence-electron chi connectivity index (χ3n) is 5.17. The second-order valence-corrected chi connectivity index (χ2v) is 10.1. The fraction of sp³-hybridized carbons (Fsp3) is 0.556. The fourth-order valence-corrected chi connectivity index (χ4v) is 5.04. The minimum atomic E-state index is -3.64. The van der Waals surface area contributed by atoms with Crippen molar-refractivity contribution >= 4 is 33.4 Å².